The highest BCUT2D eigenvalue weighted by Crippen LogP contribution is 2.21. The number of benzene rings is 1. The Hall–Kier alpha value is -2.69. The van der Waals surface area contributed by atoms with Gasteiger partial charge < -0.3 is 5.32 Å². The van der Waals surface area contributed by atoms with Crippen LogP contribution in [0.5, 0.6) is 0 Å². The van der Waals surface area contributed by atoms with E-state index in [1.807, 2.05) is 69.6 Å². The predicted octanol–water partition coefficient (Wildman–Crippen LogP) is 3.48. The highest BCUT2D eigenvalue weighted by molar-refractivity contribution is 6.06. The molecular formula is C20H24N4O. The van der Waals surface area contributed by atoms with Crippen molar-refractivity contribution in [1.82, 2.24) is 20.1 Å². The topological polar surface area (TPSA) is 59.8 Å². The molecule has 130 valence electrons. The summed E-state index contributed by atoms with van der Waals surface area (Å²) >= 11 is 0. The van der Waals surface area contributed by atoms with E-state index < -0.39 is 0 Å². The molecule has 1 N–H and O–H groups in total. The van der Waals surface area contributed by atoms with E-state index in [2.05, 4.69) is 15.4 Å². The molecule has 5 heteroatoms. The first kappa shape index (κ1) is 17.1. The van der Waals surface area contributed by atoms with Gasteiger partial charge in [-0.3, -0.25) is 14.5 Å². The molecule has 0 bridgehead atoms. The van der Waals surface area contributed by atoms with Crippen LogP contribution >= 0.6 is 0 Å². The standard InChI is InChI=1S/C20H24N4O/c1-12-7-6-8-17-18(10-13(2)21-19(12)17)20(25)22-15(4)11-24-16(5)9-14(3)23-24/h6-10,15H,11H2,1-5H3,(H,22,25)/t15-/m0/s1. The molecule has 0 aliphatic heterocycles. The van der Waals surface area contributed by atoms with E-state index in [1.165, 1.54) is 0 Å². The molecular weight excluding hydrogens is 312 g/mol. The predicted molar refractivity (Wildman–Crippen MR) is 99.8 cm³/mol. The van der Waals surface area contributed by atoms with Crippen LogP contribution in [0.3, 0.4) is 0 Å². The summed E-state index contributed by atoms with van der Waals surface area (Å²) in [6.45, 7) is 10.6. The van der Waals surface area contributed by atoms with Crippen molar-refractivity contribution >= 4 is 16.8 Å². The van der Waals surface area contributed by atoms with Gasteiger partial charge in [-0.1, -0.05) is 18.2 Å². The summed E-state index contributed by atoms with van der Waals surface area (Å²) in [5.41, 5.74) is 5.57. The maximum Gasteiger partial charge on any atom is 0.252 e. The Morgan fingerprint density at radius 1 is 1.16 bits per heavy atom. The third kappa shape index (κ3) is 3.55. The number of rotatable bonds is 4. The first-order valence-corrected chi connectivity index (χ1v) is 8.54. The number of pyridine rings is 1. The first-order chi connectivity index (χ1) is 11.8. The monoisotopic (exact) mass is 336 g/mol. The number of para-hydroxylation sites is 1. The second-order valence-electron chi connectivity index (χ2n) is 6.77. The zero-order valence-electron chi connectivity index (χ0n) is 15.4. The summed E-state index contributed by atoms with van der Waals surface area (Å²) in [4.78, 5) is 17.4. The fourth-order valence-electron chi connectivity index (χ4n) is 3.17. The van der Waals surface area contributed by atoms with Gasteiger partial charge in [0.2, 0.25) is 0 Å². The van der Waals surface area contributed by atoms with Crippen molar-refractivity contribution < 1.29 is 4.79 Å². The highest BCUT2D eigenvalue weighted by Gasteiger charge is 2.16. The summed E-state index contributed by atoms with van der Waals surface area (Å²) < 4.78 is 1.93. The average Bonchev–Trinajstić information content (AvgIpc) is 2.84. The number of carbonyl (C=O) groups excluding carboxylic acids is 1. The van der Waals surface area contributed by atoms with Crippen LogP contribution in [0.15, 0.2) is 30.3 Å². The number of nitrogens with one attached hydrogen (secondary N) is 1. The largest absolute Gasteiger partial charge is 0.348 e. The molecule has 5 nitrogen and oxygen atoms in total. The minimum atomic E-state index is -0.0740. The summed E-state index contributed by atoms with van der Waals surface area (Å²) in [7, 11) is 0. The van der Waals surface area contributed by atoms with Gasteiger partial charge in [-0.05, 0) is 52.3 Å². The minimum Gasteiger partial charge on any atom is -0.348 e. The molecule has 1 amide bonds. The van der Waals surface area contributed by atoms with E-state index >= 15 is 0 Å². The number of aromatic nitrogens is 3. The lowest BCUT2D eigenvalue weighted by Gasteiger charge is -2.16. The maximum atomic E-state index is 12.8. The van der Waals surface area contributed by atoms with Crippen molar-refractivity contribution in [2.45, 2.75) is 47.2 Å². The number of carbonyl (C=O) groups is 1. The van der Waals surface area contributed by atoms with E-state index in [4.69, 9.17) is 0 Å². The smallest absolute Gasteiger partial charge is 0.252 e. The van der Waals surface area contributed by atoms with Gasteiger partial charge in [-0.25, -0.2) is 0 Å². The molecule has 2 heterocycles. The lowest BCUT2D eigenvalue weighted by atomic mass is 10.0. The van der Waals surface area contributed by atoms with Crippen molar-refractivity contribution in [2.24, 2.45) is 0 Å². The molecule has 0 aliphatic rings. The minimum absolute atomic E-state index is 0.0289. The molecule has 0 fully saturated rings. The fraction of sp³-hybridized carbons (Fsp3) is 0.350. The van der Waals surface area contributed by atoms with Crippen molar-refractivity contribution in [3.63, 3.8) is 0 Å². The molecule has 3 rings (SSSR count). The quantitative estimate of drug-likeness (QED) is 0.793. The lowest BCUT2D eigenvalue weighted by Crippen LogP contribution is -2.36. The fourth-order valence-corrected chi connectivity index (χ4v) is 3.17. The number of amides is 1. The third-order valence-corrected chi connectivity index (χ3v) is 4.34. The molecule has 3 aromatic rings. The Balaban J connectivity index is 1.85. The van der Waals surface area contributed by atoms with E-state index in [0.29, 0.717) is 12.1 Å². The molecule has 0 saturated carbocycles. The van der Waals surface area contributed by atoms with Gasteiger partial charge in [-0.15, -0.1) is 0 Å². The number of nitrogens with zero attached hydrogens (tertiary/aromatic N) is 3. The Kier molecular flexibility index (Phi) is 4.57. The Morgan fingerprint density at radius 2 is 1.92 bits per heavy atom. The molecule has 1 aromatic carbocycles. The van der Waals surface area contributed by atoms with Gasteiger partial charge in [0.1, 0.15) is 0 Å². The average molecular weight is 336 g/mol. The van der Waals surface area contributed by atoms with E-state index in [0.717, 1.165) is 33.5 Å². The summed E-state index contributed by atoms with van der Waals surface area (Å²) in [6.07, 6.45) is 0. The van der Waals surface area contributed by atoms with Gasteiger partial charge in [0, 0.05) is 22.8 Å². The van der Waals surface area contributed by atoms with Crippen LogP contribution in [0.1, 0.15) is 39.9 Å². The van der Waals surface area contributed by atoms with Crippen molar-refractivity contribution in [2.75, 3.05) is 0 Å². The molecule has 0 aliphatic carbocycles. The molecule has 0 radical (unpaired) electrons. The van der Waals surface area contributed by atoms with Gasteiger partial charge in [-0.2, -0.15) is 5.10 Å². The number of aryl methyl sites for hydroxylation is 4. The number of fused-ring (bicyclic) bond motifs is 1. The van der Waals surface area contributed by atoms with Gasteiger partial charge in [0.25, 0.3) is 5.91 Å². The Morgan fingerprint density at radius 3 is 2.60 bits per heavy atom. The van der Waals surface area contributed by atoms with Gasteiger partial charge in [0.05, 0.1) is 23.3 Å². The van der Waals surface area contributed by atoms with Crippen LogP contribution in [0.2, 0.25) is 0 Å². The number of hydrogen-bond acceptors (Lipinski definition) is 3. The molecule has 0 unspecified atom stereocenters. The SMILES string of the molecule is Cc1cc(C(=O)N[C@@H](C)Cn2nc(C)cc2C)c2cccc(C)c2n1. The molecule has 25 heavy (non-hydrogen) atoms. The molecule has 2 aromatic heterocycles. The molecule has 1 atom stereocenters. The van der Waals surface area contributed by atoms with E-state index in [1.54, 1.807) is 0 Å². The Labute approximate surface area is 148 Å². The van der Waals surface area contributed by atoms with Crippen LogP contribution in [0.4, 0.5) is 0 Å². The van der Waals surface area contributed by atoms with Crippen LogP contribution in [0, 0.1) is 27.7 Å². The molecule has 0 spiro atoms. The van der Waals surface area contributed by atoms with Crippen molar-refractivity contribution in [1.29, 1.82) is 0 Å². The lowest BCUT2D eigenvalue weighted by molar-refractivity contribution is 0.0937. The maximum absolute atomic E-state index is 12.8. The summed E-state index contributed by atoms with van der Waals surface area (Å²) in [6, 6.07) is 9.80. The Bertz CT molecular complexity index is 942. The van der Waals surface area contributed by atoms with E-state index in [9.17, 15) is 4.79 Å². The van der Waals surface area contributed by atoms with Crippen molar-refractivity contribution in [3.05, 3.63) is 58.5 Å². The van der Waals surface area contributed by atoms with Gasteiger partial charge in [0.15, 0.2) is 0 Å². The zero-order valence-corrected chi connectivity index (χ0v) is 15.4. The summed E-state index contributed by atoms with van der Waals surface area (Å²) in [5.74, 6) is -0.0740. The van der Waals surface area contributed by atoms with Crippen LogP contribution in [-0.2, 0) is 6.54 Å². The second kappa shape index (κ2) is 6.67. The van der Waals surface area contributed by atoms with Crippen LogP contribution < -0.4 is 5.32 Å². The van der Waals surface area contributed by atoms with Gasteiger partial charge >= 0.3 is 0 Å². The van der Waals surface area contributed by atoms with Crippen LogP contribution in [-0.4, -0.2) is 26.7 Å². The normalized spacial score (nSPS) is 12.4. The van der Waals surface area contributed by atoms with Crippen molar-refractivity contribution in [3.8, 4) is 0 Å². The third-order valence-electron chi connectivity index (χ3n) is 4.34. The van der Waals surface area contributed by atoms with Crippen LogP contribution in [0.25, 0.3) is 10.9 Å². The molecule has 0 saturated heterocycles. The first-order valence-electron chi connectivity index (χ1n) is 8.54. The summed E-state index contributed by atoms with van der Waals surface area (Å²) in [5, 5.41) is 8.44. The second-order valence-corrected chi connectivity index (χ2v) is 6.77. The van der Waals surface area contributed by atoms with E-state index in [-0.39, 0.29) is 11.9 Å². The zero-order chi connectivity index (χ0) is 18.1. The number of hydrogen-bond donors (Lipinski definition) is 1. The highest BCUT2D eigenvalue weighted by atomic mass is 16.1.